The van der Waals surface area contributed by atoms with Crippen LogP contribution >= 0.6 is 0 Å². The highest BCUT2D eigenvalue weighted by atomic mass is 16.7. The second kappa shape index (κ2) is 7.99. The van der Waals surface area contributed by atoms with Crippen LogP contribution in [-0.4, -0.2) is 18.9 Å². The summed E-state index contributed by atoms with van der Waals surface area (Å²) in [6.45, 7) is 6.56. The molecule has 1 atom stereocenters. The summed E-state index contributed by atoms with van der Waals surface area (Å²) in [7, 11) is 0. The Morgan fingerprint density at radius 2 is 1.92 bits per heavy atom. The molecule has 0 bridgehead atoms. The zero-order chi connectivity index (χ0) is 18.5. The first kappa shape index (κ1) is 17.9. The molecule has 2 N–H and O–H groups in total. The molecule has 0 fully saturated rings. The first-order valence-corrected chi connectivity index (χ1v) is 8.71. The van der Waals surface area contributed by atoms with Crippen LogP contribution < -0.4 is 24.8 Å². The number of benzene rings is 2. The zero-order valence-electron chi connectivity index (χ0n) is 15.2. The average Bonchev–Trinajstić information content (AvgIpc) is 3.07. The van der Waals surface area contributed by atoms with Crippen molar-refractivity contribution in [1.29, 1.82) is 0 Å². The van der Waals surface area contributed by atoms with Crippen molar-refractivity contribution in [3.05, 3.63) is 53.6 Å². The summed E-state index contributed by atoms with van der Waals surface area (Å²) >= 11 is 0. The van der Waals surface area contributed by atoms with Gasteiger partial charge < -0.3 is 24.8 Å². The number of carbonyl (C=O) groups excluding carboxylic acids is 1. The zero-order valence-corrected chi connectivity index (χ0v) is 15.2. The average molecular weight is 356 g/mol. The molecule has 1 heterocycles. The normalized spacial score (nSPS) is 13.4. The predicted octanol–water partition coefficient (Wildman–Crippen LogP) is 3.76. The van der Waals surface area contributed by atoms with E-state index in [4.69, 9.17) is 14.2 Å². The van der Waals surface area contributed by atoms with Gasteiger partial charge in [0.15, 0.2) is 11.5 Å². The number of amides is 2. The molecular formula is C20H24N2O4. The van der Waals surface area contributed by atoms with Gasteiger partial charge in [-0.1, -0.05) is 18.2 Å². The molecule has 1 aliphatic rings. The third kappa shape index (κ3) is 4.59. The van der Waals surface area contributed by atoms with Gasteiger partial charge in [0.1, 0.15) is 5.75 Å². The number of fused-ring (bicyclic) bond motifs is 1. The van der Waals surface area contributed by atoms with Gasteiger partial charge in [-0.25, -0.2) is 4.79 Å². The molecular weight excluding hydrogens is 332 g/mol. The number of nitrogens with one attached hydrogen (secondary N) is 2. The Hall–Kier alpha value is -2.89. The summed E-state index contributed by atoms with van der Waals surface area (Å²) in [4.78, 5) is 12.2. The van der Waals surface area contributed by atoms with E-state index in [-0.39, 0.29) is 25.0 Å². The third-order valence-corrected chi connectivity index (χ3v) is 3.97. The molecule has 6 heteroatoms. The molecule has 0 saturated carbocycles. The molecule has 3 rings (SSSR count). The van der Waals surface area contributed by atoms with Crippen molar-refractivity contribution < 1.29 is 19.0 Å². The lowest BCUT2D eigenvalue weighted by Gasteiger charge is -2.17. The second-order valence-corrected chi connectivity index (χ2v) is 6.48. The summed E-state index contributed by atoms with van der Waals surface area (Å²) in [5.74, 6) is 2.24. The van der Waals surface area contributed by atoms with Crippen LogP contribution in [0.25, 0.3) is 0 Å². The molecule has 138 valence electrons. The molecule has 2 amide bonds. The number of rotatable bonds is 6. The quantitative estimate of drug-likeness (QED) is 0.827. The summed E-state index contributed by atoms with van der Waals surface area (Å²) in [6, 6.07) is 13.0. The van der Waals surface area contributed by atoms with Crippen LogP contribution in [0.2, 0.25) is 0 Å². The van der Waals surface area contributed by atoms with Crippen molar-refractivity contribution in [2.75, 3.05) is 6.79 Å². The summed E-state index contributed by atoms with van der Waals surface area (Å²) in [5.41, 5.74) is 1.94. The van der Waals surface area contributed by atoms with E-state index in [0.717, 1.165) is 22.6 Å². The maximum absolute atomic E-state index is 12.2. The fourth-order valence-electron chi connectivity index (χ4n) is 2.69. The molecule has 0 spiro atoms. The fraction of sp³-hybridized carbons (Fsp3) is 0.350. The van der Waals surface area contributed by atoms with Crippen LogP contribution in [0.5, 0.6) is 17.2 Å². The van der Waals surface area contributed by atoms with Gasteiger partial charge in [0.25, 0.3) is 0 Å². The van der Waals surface area contributed by atoms with Crippen LogP contribution in [0.1, 0.15) is 37.9 Å². The minimum atomic E-state index is -0.231. The van der Waals surface area contributed by atoms with E-state index < -0.39 is 0 Å². The third-order valence-electron chi connectivity index (χ3n) is 3.97. The number of carbonyl (C=O) groups is 1. The van der Waals surface area contributed by atoms with E-state index in [1.54, 1.807) is 0 Å². The van der Waals surface area contributed by atoms with Crippen molar-refractivity contribution in [2.24, 2.45) is 0 Å². The highest BCUT2D eigenvalue weighted by molar-refractivity contribution is 5.74. The molecule has 1 unspecified atom stereocenters. The number of ether oxygens (including phenoxy) is 3. The van der Waals surface area contributed by atoms with Crippen LogP contribution in [0.4, 0.5) is 4.79 Å². The van der Waals surface area contributed by atoms with Gasteiger partial charge in [0.2, 0.25) is 6.79 Å². The van der Waals surface area contributed by atoms with E-state index in [0.29, 0.717) is 12.3 Å². The molecule has 0 aliphatic carbocycles. The van der Waals surface area contributed by atoms with Crippen molar-refractivity contribution in [3.8, 4) is 17.2 Å². The SMILES string of the molecule is CC(C)Oc1cccc(C(C)NC(=O)NCc2ccc3c(c2)OCO3)c1. The number of urea groups is 1. The number of hydrogen-bond donors (Lipinski definition) is 2. The van der Waals surface area contributed by atoms with Gasteiger partial charge >= 0.3 is 6.03 Å². The van der Waals surface area contributed by atoms with E-state index in [1.165, 1.54) is 0 Å². The Morgan fingerprint density at radius 3 is 2.73 bits per heavy atom. The summed E-state index contributed by atoms with van der Waals surface area (Å²) < 4.78 is 16.3. The van der Waals surface area contributed by atoms with Crippen LogP contribution in [0, 0.1) is 0 Å². The molecule has 2 aromatic carbocycles. The Morgan fingerprint density at radius 1 is 1.12 bits per heavy atom. The van der Waals surface area contributed by atoms with Gasteiger partial charge in [-0.2, -0.15) is 0 Å². The van der Waals surface area contributed by atoms with Gasteiger partial charge in [-0.3, -0.25) is 0 Å². The largest absolute Gasteiger partial charge is 0.491 e. The molecule has 26 heavy (non-hydrogen) atoms. The Balaban J connectivity index is 1.53. The van der Waals surface area contributed by atoms with Crippen LogP contribution in [0.15, 0.2) is 42.5 Å². The van der Waals surface area contributed by atoms with Crippen molar-refractivity contribution in [2.45, 2.75) is 39.5 Å². The summed E-state index contributed by atoms with van der Waals surface area (Å²) in [5, 5.41) is 5.80. The van der Waals surface area contributed by atoms with Gasteiger partial charge in [-0.05, 0) is 56.2 Å². The molecule has 6 nitrogen and oxygen atoms in total. The van der Waals surface area contributed by atoms with Gasteiger partial charge in [0, 0.05) is 6.54 Å². The predicted molar refractivity (Wildman–Crippen MR) is 98.6 cm³/mol. The molecule has 2 aromatic rings. The highest BCUT2D eigenvalue weighted by Gasteiger charge is 2.14. The first-order chi connectivity index (χ1) is 12.5. The van der Waals surface area contributed by atoms with Crippen LogP contribution in [-0.2, 0) is 6.54 Å². The van der Waals surface area contributed by atoms with Gasteiger partial charge in [-0.15, -0.1) is 0 Å². The van der Waals surface area contributed by atoms with Crippen LogP contribution in [0.3, 0.4) is 0 Å². The van der Waals surface area contributed by atoms with E-state index in [9.17, 15) is 4.79 Å². The first-order valence-electron chi connectivity index (χ1n) is 8.71. The Labute approximate surface area is 153 Å². The standard InChI is InChI=1S/C20H24N2O4/c1-13(2)26-17-6-4-5-16(10-17)14(3)22-20(23)21-11-15-7-8-18-19(9-15)25-12-24-18/h4-10,13-14H,11-12H2,1-3H3,(H2,21,22,23). The number of hydrogen-bond acceptors (Lipinski definition) is 4. The Bertz CT molecular complexity index is 776. The molecule has 1 aliphatic heterocycles. The smallest absolute Gasteiger partial charge is 0.315 e. The van der Waals surface area contributed by atoms with Crippen molar-refractivity contribution in [1.82, 2.24) is 10.6 Å². The monoisotopic (exact) mass is 356 g/mol. The maximum Gasteiger partial charge on any atom is 0.315 e. The van der Waals surface area contributed by atoms with E-state index in [1.807, 2.05) is 63.2 Å². The lowest BCUT2D eigenvalue weighted by Crippen LogP contribution is -2.36. The molecule has 0 radical (unpaired) electrons. The Kier molecular flexibility index (Phi) is 5.51. The second-order valence-electron chi connectivity index (χ2n) is 6.48. The van der Waals surface area contributed by atoms with E-state index in [2.05, 4.69) is 10.6 Å². The minimum Gasteiger partial charge on any atom is -0.491 e. The minimum absolute atomic E-state index is 0.110. The lowest BCUT2D eigenvalue weighted by atomic mass is 10.1. The van der Waals surface area contributed by atoms with Crippen molar-refractivity contribution >= 4 is 6.03 Å². The molecule has 0 aromatic heterocycles. The summed E-state index contributed by atoms with van der Waals surface area (Å²) in [6.07, 6.45) is 0.110. The van der Waals surface area contributed by atoms with Crippen molar-refractivity contribution in [3.63, 3.8) is 0 Å². The molecule has 0 saturated heterocycles. The maximum atomic E-state index is 12.2. The van der Waals surface area contributed by atoms with E-state index >= 15 is 0 Å². The topological polar surface area (TPSA) is 68.8 Å². The highest BCUT2D eigenvalue weighted by Crippen LogP contribution is 2.32. The fourth-order valence-corrected chi connectivity index (χ4v) is 2.69. The van der Waals surface area contributed by atoms with Gasteiger partial charge in [0.05, 0.1) is 12.1 Å². The lowest BCUT2D eigenvalue weighted by molar-refractivity contribution is 0.174.